The summed E-state index contributed by atoms with van der Waals surface area (Å²) in [4.78, 5) is 4.39. The number of nitrogens with zero attached hydrogens (tertiary/aromatic N) is 1. The van der Waals surface area contributed by atoms with Crippen LogP contribution in [0, 0.1) is 18.8 Å². The third-order valence-corrected chi connectivity index (χ3v) is 2.81. The number of rotatable bonds is 4. The molecule has 1 aromatic heterocycles. The van der Waals surface area contributed by atoms with Gasteiger partial charge in [-0.25, -0.2) is 0 Å². The number of aliphatic hydroxyl groups is 1. The Hall–Kier alpha value is -2.51. The fraction of sp³-hybridized carbons (Fsp3) is 0.235. The van der Waals surface area contributed by atoms with Gasteiger partial charge in [0.15, 0.2) is 0 Å². The predicted octanol–water partition coefficient (Wildman–Crippen LogP) is 2.32. The average molecular weight is 283 g/mol. The van der Waals surface area contributed by atoms with Gasteiger partial charge in [-0.1, -0.05) is 17.9 Å². The zero-order valence-corrected chi connectivity index (χ0v) is 12.1. The Bertz CT molecular complexity index is 671. The summed E-state index contributed by atoms with van der Waals surface area (Å²) in [6.07, 6.45) is 0. The van der Waals surface area contributed by atoms with Crippen molar-refractivity contribution in [1.82, 2.24) is 4.98 Å². The number of aromatic nitrogens is 1. The first kappa shape index (κ1) is 14.9. The molecule has 4 nitrogen and oxygen atoms in total. The number of ether oxygens (including phenoxy) is 2. The van der Waals surface area contributed by atoms with Crippen LogP contribution in [0.4, 0.5) is 0 Å². The molecule has 1 aromatic carbocycles. The molecule has 1 heterocycles. The van der Waals surface area contributed by atoms with Crippen LogP contribution in [0.15, 0.2) is 36.4 Å². The molecule has 4 heteroatoms. The molecule has 0 bridgehead atoms. The quantitative estimate of drug-likeness (QED) is 0.875. The second kappa shape index (κ2) is 7.32. The summed E-state index contributed by atoms with van der Waals surface area (Å²) >= 11 is 0. The first-order valence-electron chi connectivity index (χ1n) is 6.56. The van der Waals surface area contributed by atoms with Gasteiger partial charge < -0.3 is 14.6 Å². The van der Waals surface area contributed by atoms with Gasteiger partial charge in [-0.3, -0.25) is 4.98 Å². The molecule has 0 fully saturated rings. The van der Waals surface area contributed by atoms with Gasteiger partial charge in [0.05, 0.1) is 18.4 Å². The van der Waals surface area contributed by atoms with Crippen molar-refractivity contribution in [2.45, 2.75) is 13.5 Å². The Morgan fingerprint density at radius 3 is 2.81 bits per heavy atom. The fourth-order valence-electron chi connectivity index (χ4n) is 1.83. The van der Waals surface area contributed by atoms with Crippen LogP contribution < -0.4 is 9.47 Å². The number of pyridine rings is 1. The lowest BCUT2D eigenvalue weighted by atomic mass is 10.2. The molecule has 0 spiro atoms. The van der Waals surface area contributed by atoms with Crippen LogP contribution in [-0.4, -0.2) is 23.8 Å². The molecule has 0 aliphatic heterocycles. The minimum atomic E-state index is -0.198. The Morgan fingerprint density at radius 1 is 1.24 bits per heavy atom. The molecule has 0 aliphatic carbocycles. The minimum Gasteiger partial charge on any atom is -0.497 e. The van der Waals surface area contributed by atoms with Gasteiger partial charge in [0.1, 0.15) is 24.7 Å². The number of hydrogen-bond acceptors (Lipinski definition) is 4. The van der Waals surface area contributed by atoms with Crippen LogP contribution in [0.1, 0.15) is 17.0 Å². The van der Waals surface area contributed by atoms with Crippen molar-refractivity contribution >= 4 is 0 Å². The molecule has 108 valence electrons. The maximum absolute atomic E-state index is 8.83. The lowest BCUT2D eigenvalue weighted by Gasteiger charge is -2.10. The van der Waals surface area contributed by atoms with E-state index in [1.807, 2.05) is 31.2 Å². The maximum atomic E-state index is 8.83. The first-order chi connectivity index (χ1) is 10.2. The van der Waals surface area contributed by atoms with E-state index in [1.54, 1.807) is 19.2 Å². The highest BCUT2D eigenvalue weighted by molar-refractivity contribution is 5.50. The van der Waals surface area contributed by atoms with E-state index in [9.17, 15) is 0 Å². The normalized spacial score (nSPS) is 9.67. The lowest BCUT2D eigenvalue weighted by molar-refractivity contribution is 0.299. The number of aryl methyl sites for hydroxylation is 1. The molecule has 0 aliphatic rings. The average Bonchev–Trinajstić information content (AvgIpc) is 2.51. The van der Waals surface area contributed by atoms with Crippen LogP contribution in [-0.2, 0) is 6.61 Å². The number of aliphatic hydroxyl groups excluding tert-OH is 1. The van der Waals surface area contributed by atoms with Crippen LogP contribution in [0.25, 0.3) is 0 Å². The smallest absolute Gasteiger partial charge is 0.135 e. The molecule has 0 radical (unpaired) electrons. The van der Waals surface area contributed by atoms with Gasteiger partial charge in [-0.2, -0.15) is 0 Å². The maximum Gasteiger partial charge on any atom is 0.135 e. The third kappa shape index (κ3) is 4.23. The minimum absolute atomic E-state index is 0.198. The van der Waals surface area contributed by atoms with E-state index in [2.05, 4.69) is 16.8 Å². The van der Waals surface area contributed by atoms with Crippen molar-refractivity contribution in [3.8, 4) is 23.3 Å². The van der Waals surface area contributed by atoms with Crippen molar-refractivity contribution in [2.24, 2.45) is 0 Å². The van der Waals surface area contributed by atoms with Gasteiger partial charge in [0.2, 0.25) is 0 Å². The summed E-state index contributed by atoms with van der Waals surface area (Å²) in [5.41, 5.74) is 2.48. The van der Waals surface area contributed by atoms with Gasteiger partial charge in [0.25, 0.3) is 0 Å². The molecule has 0 saturated carbocycles. The van der Waals surface area contributed by atoms with E-state index in [0.717, 1.165) is 11.4 Å². The summed E-state index contributed by atoms with van der Waals surface area (Å²) in [5.74, 6) is 6.81. The van der Waals surface area contributed by atoms with Crippen molar-refractivity contribution in [1.29, 1.82) is 0 Å². The molecule has 2 rings (SSSR count). The number of hydrogen-bond donors (Lipinski definition) is 1. The van der Waals surface area contributed by atoms with E-state index in [4.69, 9.17) is 14.6 Å². The zero-order valence-electron chi connectivity index (χ0n) is 12.1. The molecule has 1 N–H and O–H groups in total. The van der Waals surface area contributed by atoms with Crippen LogP contribution >= 0.6 is 0 Å². The first-order valence-corrected chi connectivity index (χ1v) is 6.56. The highest BCUT2D eigenvalue weighted by Crippen LogP contribution is 2.24. The van der Waals surface area contributed by atoms with E-state index >= 15 is 0 Å². The monoisotopic (exact) mass is 283 g/mol. The molecular weight excluding hydrogens is 266 g/mol. The molecule has 0 amide bonds. The molecule has 21 heavy (non-hydrogen) atoms. The van der Waals surface area contributed by atoms with E-state index in [0.29, 0.717) is 23.7 Å². The standard InChI is InChI=1S/C17H17NO3/c1-13-5-3-7-15(18-13)12-21-17-9-8-16(20-2)11-14(17)6-4-10-19/h3,5,7-9,11,19H,10,12H2,1-2H3. The van der Waals surface area contributed by atoms with Crippen LogP contribution in [0.5, 0.6) is 11.5 Å². The van der Waals surface area contributed by atoms with Gasteiger partial charge in [-0.05, 0) is 37.3 Å². The number of benzene rings is 1. The Labute approximate surface area is 124 Å². The molecule has 0 saturated heterocycles. The molecule has 0 unspecified atom stereocenters. The zero-order chi connectivity index (χ0) is 15.1. The molecule has 2 aromatic rings. The van der Waals surface area contributed by atoms with Crippen molar-refractivity contribution in [3.05, 3.63) is 53.3 Å². The SMILES string of the molecule is COc1ccc(OCc2cccc(C)n2)c(C#CCO)c1. The fourth-order valence-corrected chi connectivity index (χ4v) is 1.83. The van der Waals surface area contributed by atoms with Crippen LogP contribution in [0.3, 0.4) is 0 Å². The van der Waals surface area contributed by atoms with Gasteiger partial charge in [0, 0.05) is 5.69 Å². The molecular formula is C17H17NO3. The number of methoxy groups -OCH3 is 1. The lowest BCUT2D eigenvalue weighted by Crippen LogP contribution is -2.00. The predicted molar refractivity (Wildman–Crippen MR) is 80.3 cm³/mol. The summed E-state index contributed by atoms with van der Waals surface area (Å²) < 4.78 is 10.9. The topological polar surface area (TPSA) is 51.6 Å². The second-order valence-corrected chi connectivity index (χ2v) is 4.38. The largest absolute Gasteiger partial charge is 0.497 e. The summed E-state index contributed by atoms with van der Waals surface area (Å²) in [5, 5.41) is 8.83. The second-order valence-electron chi connectivity index (χ2n) is 4.38. The Morgan fingerprint density at radius 2 is 2.10 bits per heavy atom. The van der Waals surface area contributed by atoms with Crippen LogP contribution in [0.2, 0.25) is 0 Å². The summed E-state index contributed by atoms with van der Waals surface area (Å²) in [6.45, 7) is 2.10. The molecule has 0 atom stereocenters. The summed E-state index contributed by atoms with van der Waals surface area (Å²) in [6, 6.07) is 11.2. The highest BCUT2D eigenvalue weighted by Gasteiger charge is 2.05. The Balaban J connectivity index is 2.18. The van der Waals surface area contributed by atoms with E-state index < -0.39 is 0 Å². The Kier molecular flexibility index (Phi) is 5.19. The third-order valence-electron chi connectivity index (χ3n) is 2.81. The van der Waals surface area contributed by atoms with Gasteiger partial charge in [-0.15, -0.1) is 0 Å². The highest BCUT2D eigenvalue weighted by atomic mass is 16.5. The van der Waals surface area contributed by atoms with Crippen molar-refractivity contribution in [3.63, 3.8) is 0 Å². The van der Waals surface area contributed by atoms with Crippen molar-refractivity contribution < 1.29 is 14.6 Å². The van der Waals surface area contributed by atoms with E-state index in [-0.39, 0.29) is 6.61 Å². The van der Waals surface area contributed by atoms with Gasteiger partial charge >= 0.3 is 0 Å². The van der Waals surface area contributed by atoms with Crippen molar-refractivity contribution in [2.75, 3.05) is 13.7 Å². The van der Waals surface area contributed by atoms with E-state index in [1.165, 1.54) is 0 Å². The summed E-state index contributed by atoms with van der Waals surface area (Å²) in [7, 11) is 1.59.